The van der Waals surface area contributed by atoms with Gasteiger partial charge in [-0.25, -0.2) is 0 Å². The van der Waals surface area contributed by atoms with Gasteiger partial charge < -0.3 is 10.6 Å². The molecular weight excluding hydrogens is 284 g/mol. The number of aryl methyl sites for hydroxylation is 2. The molecule has 0 aliphatic carbocycles. The summed E-state index contributed by atoms with van der Waals surface area (Å²) in [7, 11) is 0. The molecule has 0 atom stereocenters. The van der Waals surface area contributed by atoms with E-state index < -0.39 is 0 Å². The van der Waals surface area contributed by atoms with Gasteiger partial charge in [-0.15, -0.1) is 12.4 Å². The largest absolute Gasteiger partial charge is 0.343 e. The molecule has 2 N–H and O–H groups in total. The average Bonchev–Trinajstić information content (AvgIpc) is 2.47. The lowest BCUT2D eigenvalue weighted by atomic mass is 9.90. The summed E-state index contributed by atoms with van der Waals surface area (Å²) in [5.41, 5.74) is 8.19. The summed E-state index contributed by atoms with van der Waals surface area (Å²) in [5.74, 6) is 0.989. The van der Waals surface area contributed by atoms with E-state index in [1.165, 1.54) is 17.5 Å². The maximum Gasteiger partial charge on any atom is 0.223 e. The lowest BCUT2D eigenvalue weighted by Gasteiger charge is -2.32. The Kier molecular flexibility index (Phi) is 7.76. The van der Waals surface area contributed by atoms with E-state index in [-0.39, 0.29) is 18.3 Å². The molecule has 1 amide bonds. The van der Waals surface area contributed by atoms with Crippen LogP contribution in [0.3, 0.4) is 0 Å². The van der Waals surface area contributed by atoms with Gasteiger partial charge in [-0.1, -0.05) is 29.8 Å². The first kappa shape index (κ1) is 18.0. The van der Waals surface area contributed by atoms with E-state index in [9.17, 15) is 4.79 Å². The van der Waals surface area contributed by atoms with Crippen molar-refractivity contribution >= 4 is 18.3 Å². The van der Waals surface area contributed by atoms with Crippen LogP contribution in [0.25, 0.3) is 0 Å². The maximum atomic E-state index is 11.8. The van der Waals surface area contributed by atoms with Gasteiger partial charge in [0, 0.05) is 26.1 Å². The number of hydrogen-bond acceptors (Lipinski definition) is 2. The van der Waals surface area contributed by atoms with E-state index in [1.807, 2.05) is 4.90 Å². The molecular formula is C17H27ClN2O. The average molecular weight is 311 g/mol. The first-order valence-electron chi connectivity index (χ1n) is 7.72. The van der Waals surface area contributed by atoms with Crippen molar-refractivity contribution in [3.05, 3.63) is 35.4 Å². The molecule has 0 aromatic heterocycles. The second-order valence-electron chi connectivity index (χ2n) is 5.89. The Morgan fingerprint density at radius 1 is 1.24 bits per heavy atom. The minimum absolute atomic E-state index is 0. The van der Waals surface area contributed by atoms with Crippen molar-refractivity contribution in [2.24, 2.45) is 11.7 Å². The molecule has 1 aliphatic rings. The van der Waals surface area contributed by atoms with Crippen LogP contribution in [-0.2, 0) is 11.2 Å². The van der Waals surface area contributed by atoms with Gasteiger partial charge in [-0.2, -0.15) is 0 Å². The van der Waals surface area contributed by atoms with Gasteiger partial charge in [-0.05, 0) is 44.1 Å². The van der Waals surface area contributed by atoms with E-state index in [0.29, 0.717) is 13.0 Å². The molecule has 2 rings (SSSR count). The van der Waals surface area contributed by atoms with Gasteiger partial charge in [0.25, 0.3) is 0 Å². The van der Waals surface area contributed by atoms with Gasteiger partial charge in [-0.3, -0.25) is 4.79 Å². The molecule has 1 fully saturated rings. The number of carbonyl (C=O) groups is 1. The van der Waals surface area contributed by atoms with Crippen LogP contribution in [0.4, 0.5) is 0 Å². The van der Waals surface area contributed by atoms with Crippen molar-refractivity contribution in [1.29, 1.82) is 0 Å². The number of rotatable bonds is 5. The first-order chi connectivity index (χ1) is 9.69. The highest BCUT2D eigenvalue weighted by Gasteiger charge is 2.21. The Balaban J connectivity index is 0.00000220. The molecule has 1 aromatic carbocycles. The van der Waals surface area contributed by atoms with Crippen molar-refractivity contribution in [1.82, 2.24) is 4.90 Å². The van der Waals surface area contributed by atoms with Crippen molar-refractivity contribution in [3.63, 3.8) is 0 Å². The number of piperidine rings is 1. The summed E-state index contributed by atoms with van der Waals surface area (Å²) < 4.78 is 0. The highest BCUT2D eigenvalue weighted by molar-refractivity contribution is 5.85. The third-order valence-electron chi connectivity index (χ3n) is 4.29. The number of amides is 1. The first-order valence-corrected chi connectivity index (χ1v) is 7.72. The quantitative estimate of drug-likeness (QED) is 0.909. The standard InChI is InChI=1S/C17H26N2O.ClH/c1-14-2-4-15(5-3-14)6-7-16-9-12-19(13-10-16)17(20)8-11-18;/h2-5,16H,6-13,18H2,1H3;1H. The van der Waals surface area contributed by atoms with Crippen LogP contribution in [0.2, 0.25) is 0 Å². The predicted octanol–water partition coefficient (Wildman–Crippen LogP) is 2.94. The van der Waals surface area contributed by atoms with Crippen molar-refractivity contribution in [2.75, 3.05) is 19.6 Å². The van der Waals surface area contributed by atoms with E-state index >= 15 is 0 Å². The van der Waals surface area contributed by atoms with Crippen LogP contribution in [0.1, 0.15) is 36.8 Å². The number of halogens is 1. The number of likely N-dealkylation sites (tertiary alicyclic amines) is 1. The maximum absolute atomic E-state index is 11.8. The van der Waals surface area contributed by atoms with E-state index in [2.05, 4.69) is 31.2 Å². The Labute approximate surface area is 134 Å². The van der Waals surface area contributed by atoms with E-state index in [1.54, 1.807) is 0 Å². The van der Waals surface area contributed by atoms with E-state index in [0.717, 1.165) is 38.3 Å². The highest BCUT2D eigenvalue weighted by Crippen LogP contribution is 2.22. The number of nitrogens with two attached hydrogens (primary N) is 1. The molecule has 0 bridgehead atoms. The SMILES string of the molecule is Cc1ccc(CCC2CCN(C(=O)CCN)CC2)cc1.Cl. The zero-order valence-corrected chi connectivity index (χ0v) is 13.7. The fourth-order valence-electron chi connectivity index (χ4n) is 2.88. The third-order valence-corrected chi connectivity index (χ3v) is 4.29. The normalized spacial score (nSPS) is 15.6. The molecule has 3 nitrogen and oxygen atoms in total. The Morgan fingerprint density at radius 3 is 2.43 bits per heavy atom. The van der Waals surface area contributed by atoms with Crippen LogP contribution in [0.5, 0.6) is 0 Å². The van der Waals surface area contributed by atoms with Crippen molar-refractivity contribution in [2.45, 2.75) is 39.0 Å². The lowest BCUT2D eigenvalue weighted by Crippen LogP contribution is -2.39. The Hall–Kier alpha value is -1.06. The fourth-order valence-corrected chi connectivity index (χ4v) is 2.88. The van der Waals surface area contributed by atoms with Crippen LogP contribution in [0, 0.1) is 12.8 Å². The number of hydrogen-bond donors (Lipinski definition) is 1. The van der Waals surface area contributed by atoms with Crippen LogP contribution in [0.15, 0.2) is 24.3 Å². The smallest absolute Gasteiger partial charge is 0.223 e. The minimum atomic E-state index is 0. The third kappa shape index (κ3) is 5.68. The van der Waals surface area contributed by atoms with Crippen LogP contribution < -0.4 is 5.73 Å². The molecule has 21 heavy (non-hydrogen) atoms. The molecule has 118 valence electrons. The molecule has 0 saturated carbocycles. The summed E-state index contributed by atoms with van der Waals surface area (Å²) in [6, 6.07) is 8.83. The Bertz CT molecular complexity index is 425. The second kappa shape index (κ2) is 9.06. The van der Waals surface area contributed by atoms with Gasteiger partial charge in [0.05, 0.1) is 0 Å². The Morgan fingerprint density at radius 2 is 1.86 bits per heavy atom. The molecule has 1 saturated heterocycles. The summed E-state index contributed by atoms with van der Waals surface area (Å²) in [5, 5.41) is 0. The van der Waals surface area contributed by atoms with Crippen molar-refractivity contribution in [3.8, 4) is 0 Å². The number of nitrogens with zero attached hydrogens (tertiary/aromatic N) is 1. The van der Waals surface area contributed by atoms with Gasteiger partial charge in [0.1, 0.15) is 0 Å². The topological polar surface area (TPSA) is 46.3 Å². The molecule has 1 aliphatic heterocycles. The molecule has 1 aromatic rings. The molecule has 0 spiro atoms. The molecule has 4 heteroatoms. The summed E-state index contributed by atoms with van der Waals surface area (Å²) in [6.07, 6.45) is 5.17. The monoisotopic (exact) mass is 310 g/mol. The number of benzene rings is 1. The van der Waals surface area contributed by atoms with Gasteiger partial charge in [0.2, 0.25) is 5.91 Å². The van der Waals surface area contributed by atoms with Crippen LogP contribution >= 0.6 is 12.4 Å². The zero-order chi connectivity index (χ0) is 14.4. The highest BCUT2D eigenvalue weighted by atomic mass is 35.5. The van der Waals surface area contributed by atoms with Crippen LogP contribution in [-0.4, -0.2) is 30.4 Å². The summed E-state index contributed by atoms with van der Waals surface area (Å²) >= 11 is 0. The zero-order valence-electron chi connectivity index (χ0n) is 12.9. The van der Waals surface area contributed by atoms with Crippen molar-refractivity contribution < 1.29 is 4.79 Å². The second-order valence-corrected chi connectivity index (χ2v) is 5.89. The molecule has 1 heterocycles. The molecule has 0 unspecified atom stereocenters. The minimum Gasteiger partial charge on any atom is -0.343 e. The van der Waals surface area contributed by atoms with Gasteiger partial charge >= 0.3 is 0 Å². The number of carbonyl (C=O) groups excluding carboxylic acids is 1. The van der Waals surface area contributed by atoms with Gasteiger partial charge in [0.15, 0.2) is 0 Å². The molecule has 0 radical (unpaired) electrons. The predicted molar refractivity (Wildman–Crippen MR) is 89.7 cm³/mol. The lowest BCUT2D eigenvalue weighted by molar-refractivity contribution is -0.132. The fraction of sp³-hybridized carbons (Fsp3) is 0.588. The summed E-state index contributed by atoms with van der Waals surface area (Å²) in [4.78, 5) is 13.7. The summed E-state index contributed by atoms with van der Waals surface area (Å²) in [6.45, 7) is 4.42. The van der Waals surface area contributed by atoms with E-state index in [4.69, 9.17) is 5.73 Å².